The predicted molar refractivity (Wildman–Crippen MR) is 108 cm³/mol. The smallest absolute Gasteiger partial charge is 0.231 e. The van der Waals surface area contributed by atoms with E-state index in [1.807, 2.05) is 48.7 Å². The highest BCUT2D eigenvalue weighted by Crippen LogP contribution is 2.35. The van der Waals surface area contributed by atoms with E-state index < -0.39 is 0 Å². The molecule has 2 aromatic heterocycles. The minimum Gasteiger partial charge on any atom is -0.495 e. The summed E-state index contributed by atoms with van der Waals surface area (Å²) in [6.07, 6.45) is 2.87. The number of para-hydroxylation sites is 3. The molecule has 3 heterocycles. The fourth-order valence-corrected chi connectivity index (χ4v) is 3.91. The molecule has 0 radical (unpaired) electrons. The summed E-state index contributed by atoms with van der Waals surface area (Å²) in [6.45, 7) is 0.505. The molecule has 29 heavy (non-hydrogen) atoms. The number of rotatable bonds is 5. The van der Waals surface area contributed by atoms with Gasteiger partial charge in [0.1, 0.15) is 5.75 Å². The number of nitrogens with zero attached hydrogens (tertiary/aromatic N) is 3. The quantitative estimate of drug-likeness (QED) is 0.564. The van der Waals surface area contributed by atoms with E-state index in [2.05, 4.69) is 21.2 Å². The number of methoxy groups -OCH3 is 1. The van der Waals surface area contributed by atoms with Crippen molar-refractivity contribution >= 4 is 22.5 Å². The van der Waals surface area contributed by atoms with Gasteiger partial charge in [-0.2, -0.15) is 4.98 Å². The van der Waals surface area contributed by atoms with Crippen LogP contribution in [0.3, 0.4) is 0 Å². The van der Waals surface area contributed by atoms with E-state index in [1.54, 1.807) is 12.0 Å². The third-order valence-corrected chi connectivity index (χ3v) is 5.37. The van der Waals surface area contributed by atoms with Crippen LogP contribution in [0.1, 0.15) is 29.6 Å². The molecule has 1 aliphatic rings. The maximum Gasteiger partial charge on any atom is 0.231 e. The number of aromatic nitrogens is 3. The summed E-state index contributed by atoms with van der Waals surface area (Å²) in [6, 6.07) is 15.6. The average molecular weight is 388 g/mol. The Kier molecular flexibility index (Phi) is 4.27. The Morgan fingerprint density at radius 2 is 2.03 bits per heavy atom. The van der Waals surface area contributed by atoms with Gasteiger partial charge in [-0.1, -0.05) is 35.5 Å². The molecular formula is C22H20N4O3. The summed E-state index contributed by atoms with van der Waals surface area (Å²) >= 11 is 0. The summed E-state index contributed by atoms with van der Waals surface area (Å²) in [5, 5.41) is 5.30. The number of hydrogen-bond donors (Lipinski definition) is 1. The first-order valence-electron chi connectivity index (χ1n) is 9.54. The zero-order valence-electron chi connectivity index (χ0n) is 16.0. The predicted octanol–water partition coefficient (Wildman–Crippen LogP) is 3.67. The fourth-order valence-electron chi connectivity index (χ4n) is 3.91. The minimum absolute atomic E-state index is 0.0301. The maximum atomic E-state index is 12.6. The first kappa shape index (κ1) is 17.5. The molecule has 1 aliphatic heterocycles. The zero-order chi connectivity index (χ0) is 19.8. The Hall–Kier alpha value is -3.61. The van der Waals surface area contributed by atoms with Crippen LogP contribution in [0.15, 0.2) is 59.3 Å². The average Bonchev–Trinajstić information content (AvgIpc) is 3.47. The standard InChI is InChI=1S/C22H20N4O3/c1-28-19-9-5-4-8-18(19)26-13-15(11-21(26)27)22-24-20(29-25-22)10-14-12-23-17-7-3-2-6-16(14)17/h2-9,12,15,23H,10-11,13H2,1H3. The Labute approximate surface area is 167 Å². The number of nitrogens with one attached hydrogen (secondary N) is 1. The third-order valence-electron chi connectivity index (χ3n) is 5.37. The number of fused-ring (bicyclic) bond motifs is 1. The second-order valence-electron chi connectivity index (χ2n) is 7.16. The van der Waals surface area contributed by atoms with Crippen molar-refractivity contribution in [3.63, 3.8) is 0 Å². The first-order valence-corrected chi connectivity index (χ1v) is 9.54. The number of H-pyrrole nitrogens is 1. The lowest BCUT2D eigenvalue weighted by Gasteiger charge is -2.18. The first-order chi connectivity index (χ1) is 14.2. The fraction of sp³-hybridized carbons (Fsp3) is 0.227. The van der Waals surface area contributed by atoms with Crippen molar-refractivity contribution in [2.45, 2.75) is 18.8 Å². The second-order valence-corrected chi connectivity index (χ2v) is 7.16. The SMILES string of the molecule is COc1ccccc1N1CC(c2noc(Cc3c[nH]c4ccccc34)n2)CC1=O. The molecule has 0 spiro atoms. The van der Waals surface area contributed by atoms with E-state index >= 15 is 0 Å². The number of carbonyl (C=O) groups is 1. The van der Waals surface area contributed by atoms with Crippen LogP contribution < -0.4 is 9.64 Å². The molecule has 5 rings (SSSR count). The summed E-state index contributed by atoms with van der Waals surface area (Å²) in [5.74, 6) is 1.73. The maximum absolute atomic E-state index is 12.6. The van der Waals surface area contributed by atoms with Gasteiger partial charge in [0.2, 0.25) is 11.8 Å². The summed E-state index contributed by atoms with van der Waals surface area (Å²) in [7, 11) is 1.60. The molecule has 7 nitrogen and oxygen atoms in total. The van der Waals surface area contributed by atoms with Gasteiger partial charge in [0.15, 0.2) is 5.82 Å². The molecule has 0 bridgehead atoms. The normalized spacial score (nSPS) is 16.7. The van der Waals surface area contributed by atoms with Crippen molar-refractivity contribution in [1.82, 2.24) is 15.1 Å². The van der Waals surface area contributed by atoms with Crippen LogP contribution in [0.5, 0.6) is 5.75 Å². The minimum atomic E-state index is -0.104. The topological polar surface area (TPSA) is 84.2 Å². The lowest BCUT2D eigenvalue weighted by atomic mass is 10.1. The summed E-state index contributed by atoms with van der Waals surface area (Å²) < 4.78 is 10.9. The summed E-state index contributed by atoms with van der Waals surface area (Å²) in [5.41, 5.74) is 2.95. The molecule has 2 aromatic carbocycles. The van der Waals surface area contributed by atoms with Crippen molar-refractivity contribution in [2.24, 2.45) is 0 Å². The highest BCUT2D eigenvalue weighted by Gasteiger charge is 2.35. The molecule has 0 aliphatic carbocycles. The van der Waals surface area contributed by atoms with E-state index in [0.29, 0.717) is 36.9 Å². The number of ether oxygens (including phenoxy) is 1. The van der Waals surface area contributed by atoms with Crippen LogP contribution in [0.4, 0.5) is 5.69 Å². The highest BCUT2D eigenvalue weighted by atomic mass is 16.5. The number of hydrogen-bond acceptors (Lipinski definition) is 5. The van der Waals surface area contributed by atoms with E-state index in [9.17, 15) is 4.79 Å². The van der Waals surface area contributed by atoms with E-state index in [1.165, 1.54) is 0 Å². The van der Waals surface area contributed by atoms with Gasteiger partial charge in [-0.15, -0.1) is 0 Å². The van der Waals surface area contributed by atoms with Crippen molar-refractivity contribution in [2.75, 3.05) is 18.6 Å². The van der Waals surface area contributed by atoms with Crippen molar-refractivity contribution in [3.8, 4) is 5.75 Å². The highest BCUT2D eigenvalue weighted by molar-refractivity contribution is 5.97. The molecule has 7 heteroatoms. The van der Waals surface area contributed by atoms with Gasteiger partial charge in [0, 0.05) is 36.0 Å². The number of amides is 1. The van der Waals surface area contributed by atoms with E-state index in [-0.39, 0.29) is 11.8 Å². The molecule has 4 aromatic rings. The second kappa shape index (κ2) is 7.09. The van der Waals surface area contributed by atoms with Crippen LogP contribution in [0, 0.1) is 0 Å². The van der Waals surface area contributed by atoms with Crippen LogP contribution in [0.2, 0.25) is 0 Å². The lowest BCUT2D eigenvalue weighted by molar-refractivity contribution is -0.117. The van der Waals surface area contributed by atoms with Crippen LogP contribution in [0.25, 0.3) is 10.9 Å². The number of benzene rings is 2. The molecule has 146 valence electrons. The summed E-state index contributed by atoms with van der Waals surface area (Å²) in [4.78, 5) is 22.2. The Morgan fingerprint density at radius 3 is 2.93 bits per heavy atom. The van der Waals surface area contributed by atoms with Crippen molar-refractivity contribution in [1.29, 1.82) is 0 Å². The molecule has 1 atom stereocenters. The van der Waals surface area contributed by atoms with E-state index in [0.717, 1.165) is 22.2 Å². The third kappa shape index (κ3) is 3.14. The number of aromatic amines is 1. The van der Waals surface area contributed by atoms with Gasteiger partial charge in [-0.3, -0.25) is 4.79 Å². The largest absolute Gasteiger partial charge is 0.495 e. The number of anilines is 1. The number of carbonyl (C=O) groups excluding carboxylic acids is 1. The molecule has 1 unspecified atom stereocenters. The lowest BCUT2D eigenvalue weighted by Crippen LogP contribution is -2.24. The Bertz CT molecular complexity index is 1180. The van der Waals surface area contributed by atoms with Gasteiger partial charge in [0.25, 0.3) is 0 Å². The van der Waals surface area contributed by atoms with Gasteiger partial charge in [-0.25, -0.2) is 0 Å². The van der Waals surface area contributed by atoms with Crippen LogP contribution >= 0.6 is 0 Å². The van der Waals surface area contributed by atoms with Gasteiger partial charge < -0.3 is 19.1 Å². The molecular weight excluding hydrogens is 368 g/mol. The van der Waals surface area contributed by atoms with Crippen LogP contribution in [-0.2, 0) is 11.2 Å². The monoisotopic (exact) mass is 388 g/mol. The molecule has 1 fully saturated rings. The van der Waals surface area contributed by atoms with Gasteiger partial charge >= 0.3 is 0 Å². The molecule has 0 saturated carbocycles. The van der Waals surface area contributed by atoms with Crippen LogP contribution in [-0.4, -0.2) is 34.7 Å². The Morgan fingerprint density at radius 1 is 1.21 bits per heavy atom. The van der Waals surface area contributed by atoms with Gasteiger partial charge in [-0.05, 0) is 23.8 Å². The van der Waals surface area contributed by atoms with Gasteiger partial charge in [0.05, 0.1) is 19.2 Å². The molecule has 1 amide bonds. The van der Waals surface area contributed by atoms with Crippen molar-refractivity contribution in [3.05, 3.63) is 72.0 Å². The van der Waals surface area contributed by atoms with E-state index in [4.69, 9.17) is 9.26 Å². The molecule has 1 saturated heterocycles. The van der Waals surface area contributed by atoms with Crippen molar-refractivity contribution < 1.29 is 14.1 Å². The Balaban J connectivity index is 1.35. The molecule has 1 N–H and O–H groups in total. The zero-order valence-corrected chi connectivity index (χ0v) is 16.0.